The van der Waals surface area contributed by atoms with Crippen LogP contribution in [-0.4, -0.2) is 173 Å². The molecule has 502 valence electrons. The number of phenols is 1. The van der Waals surface area contributed by atoms with E-state index in [0.717, 1.165) is 0 Å². The molecule has 9 amide bonds. The lowest BCUT2D eigenvalue weighted by molar-refractivity contribution is -0.144. The first-order valence-corrected chi connectivity index (χ1v) is 31.1. The van der Waals surface area contributed by atoms with Crippen LogP contribution in [0.25, 0.3) is 0 Å². The molecule has 0 radical (unpaired) electrons. The van der Waals surface area contributed by atoms with Crippen LogP contribution < -0.4 is 76.9 Å². The third-order valence-corrected chi connectivity index (χ3v) is 14.8. The van der Waals surface area contributed by atoms with E-state index in [2.05, 4.69) is 52.5 Å². The molecule has 1 heterocycles. The van der Waals surface area contributed by atoms with E-state index in [4.69, 9.17) is 34.4 Å². The van der Waals surface area contributed by atoms with Crippen molar-refractivity contribution in [3.8, 4) is 5.75 Å². The van der Waals surface area contributed by atoms with Crippen LogP contribution >= 0.6 is 0 Å². The van der Waals surface area contributed by atoms with Crippen molar-refractivity contribution in [3.05, 3.63) is 29.8 Å². The number of likely N-dealkylation sites (tertiary alicyclic amines) is 1. The molecule has 29 nitrogen and oxygen atoms in total. The Morgan fingerprint density at radius 1 is 0.528 bits per heavy atom. The van der Waals surface area contributed by atoms with E-state index < -0.39 is 131 Å². The number of nitrogens with two attached hydrogens (primary N) is 6. The number of carboxylic acids is 1. The minimum atomic E-state index is -1.38. The van der Waals surface area contributed by atoms with E-state index in [0.29, 0.717) is 37.8 Å². The Labute approximate surface area is 523 Å². The van der Waals surface area contributed by atoms with Crippen molar-refractivity contribution in [1.29, 1.82) is 0 Å². The summed E-state index contributed by atoms with van der Waals surface area (Å²) in [6.45, 7) is 18.3. The molecule has 89 heavy (non-hydrogen) atoms. The first kappa shape index (κ1) is 77.3. The number of carbonyl (C=O) groups excluding carboxylic acids is 9. The first-order valence-electron chi connectivity index (χ1n) is 31.1. The van der Waals surface area contributed by atoms with Crippen LogP contribution in [0.1, 0.15) is 152 Å². The Hall–Kier alpha value is -7.82. The minimum absolute atomic E-state index is 0.0266. The second kappa shape index (κ2) is 39.2. The molecule has 2 rings (SSSR count). The molecule has 0 unspecified atom stereocenters. The van der Waals surface area contributed by atoms with E-state index in [1.54, 1.807) is 53.7 Å². The van der Waals surface area contributed by atoms with Gasteiger partial charge in [-0.25, -0.2) is 4.79 Å². The van der Waals surface area contributed by atoms with Crippen molar-refractivity contribution in [1.82, 2.24) is 47.4 Å². The quantitative estimate of drug-likeness (QED) is 0.0211. The molecule has 1 saturated heterocycles. The van der Waals surface area contributed by atoms with Crippen LogP contribution in [0.2, 0.25) is 0 Å². The highest BCUT2D eigenvalue weighted by molar-refractivity contribution is 5.99. The van der Waals surface area contributed by atoms with Crippen LogP contribution in [0, 0.1) is 29.6 Å². The SMILES string of the molecule is CC(C)C[C@H](NC(=O)[C@H](CC(C)C)NC(=O)[C@@H]1CCCN1C(=O)[C@H](CCCN=C(N)N)NC(=O)[C@@H](NC(=O)[C@H](CCCN=C(N)N)NC(=O)[C@H](CC(C)C)NC(=O)[C@H](Cc1ccc(O)cc1)NC(=O)[C@@H](NC(=O)[C@@H](N)CCCCN)C(C)C)C(C)C)C(=O)O. The predicted molar refractivity (Wildman–Crippen MR) is 338 cm³/mol. The van der Waals surface area contributed by atoms with Crippen molar-refractivity contribution >= 4 is 71.1 Å². The molecule has 1 fully saturated rings. The fraction of sp³-hybridized carbons (Fsp3) is 0.700. The number of aromatic hydroxyl groups is 1. The fourth-order valence-electron chi connectivity index (χ4n) is 10.0. The molecular formula is C60H105N17O12. The predicted octanol–water partition coefficient (Wildman–Crippen LogP) is -1.10. The summed E-state index contributed by atoms with van der Waals surface area (Å²) in [6.07, 6.45) is 2.62. The van der Waals surface area contributed by atoms with Gasteiger partial charge in [0.25, 0.3) is 0 Å². The lowest BCUT2D eigenvalue weighted by Gasteiger charge is -2.32. The maximum absolute atomic E-state index is 14.7. The molecule has 1 aliphatic rings. The summed E-state index contributed by atoms with van der Waals surface area (Å²) in [5.41, 5.74) is 34.7. The first-order chi connectivity index (χ1) is 41.8. The van der Waals surface area contributed by atoms with Gasteiger partial charge in [0.05, 0.1) is 6.04 Å². The Morgan fingerprint density at radius 2 is 0.955 bits per heavy atom. The van der Waals surface area contributed by atoms with Gasteiger partial charge in [-0.3, -0.25) is 53.1 Å². The topological polar surface area (TPSA) is 491 Å². The zero-order valence-electron chi connectivity index (χ0n) is 53.8. The second-order valence-electron chi connectivity index (χ2n) is 24.9. The largest absolute Gasteiger partial charge is 0.508 e. The van der Waals surface area contributed by atoms with Gasteiger partial charge >= 0.3 is 5.97 Å². The molecule has 0 bridgehead atoms. The molecule has 0 aromatic heterocycles. The Morgan fingerprint density at radius 3 is 1.44 bits per heavy atom. The number of carbonyl (C=O) groups is 10. The van der Waals surface area contributed by atoms with Crippen LogP contribution in [-0.2, 0) is 54.4 Å². The normalized spacial score (nSPS) is 16.1. The fourth-order valence-corrected chi connectivity index (χ4v) is 10.0. The number of guanidine groups is 2. The van der Waals surface area contributed by atoms with Crippen LogP contribution in [0.3, 0.4) is 0 Å². The molecule has 0 spiro atoms. The highest BCUT2D eigenvalue weighted by Crippen LogP contribution is 2.22. The number of hydrogen-bond donors (Lipinski definition) is 16. The summed E-state index contributed by atoms with van der Waals surface area (Å²) in [5.74, 6) is -9.66. The lowest BCUT2D eigenvalue weighted by Crippen LogP contribution is -2.61. The number of carboxylic acid groups (broad SMARTS) is 1. The third kappa shape index (κ3) is 28.5. The van der Waals surface area contributed by atoms with Crippen LogP contribution in [0.4, 0.5) is 0 Å². The number of benzene rings is 1. The van der Waals surface area contributed by atoms with Crippen LogP contribution in [0.5, 0.6) is 5.75 Å². The number of aliphatic imine (C=N–C) groups is 2. The standard InChI is InChI=1S/C60H105N17O12/c1-32(2)28-42(71-53(83)44(31-37-20-22-38(78)23-21-37)73-56(86)47(35(7)8)75-49(79)39(62)16-11-12-24-61)51(81)69-40(17-13-25-67-59(63)64)50(80)76-48(36(9)10)55(85)70-41(18-14-26-68-60(65)66)57(87)77-27-15-19-46(77)54(84)72-43(29-33(3)4)52(82)74-45(58(88)89)30-34(5)6/h20-23,32-36,39-48,78H,11-19,24-31,61-62H2,1-10H3,(H,69,81)(H,70,85)(H,71,83)(H,72,84)(H,73,86)(H,74,82)(H,75,79)(H,76,80)(H,88,89)(H4,63,64,67)(H4,65,66,68)/t39-,40-,41-,42-,43-,44-,45-,46-,47-,48-/m0/s1. The van der Waals surface area contributed by atoms with Crippen molar-refractivity contribution in [3.63, 3.8) is 0 Å². The summed E-state index contributed by atoms with van der Waals surface area (Å²) < 4.78 is 0. The van der Waals surface area contributed by atoms with E-state index in [-0.39, 0.29) is 113 Å². The van der Waals surface area contributed by atoms with Gasteiger partial charge < -0.3 is 92.0 Å². The van der Waals surface area contributed by atoms with Gasteiger partial charge in [-0.1, -0.05) is 87.8 Å². The van der Waals surface area contributed by atoms with Crippen molar-refractivity contribution in [2.75, 3.05) is 26.2 Å². The Bertz CT molecular complexity index is 2540. The van der Waals surface area contributed by atoms with Gasteiger partial charge in [-0.05, 0) is 124 Å². The zero-order valence-corrected chi connectivity index (χ0v) is 53.8. The van der Waals surface area contributed by atoms with Gasteiger partial charge in [0.15, 0.2) is 11.9 Å². The Balaban J connectivity index is 2.54. The molecule has 1 aromatic carbocycles. The number of unbranched alkanes of at least 4 members (excludes halogenated alkanes) is 1. The molecular weight excluding hydrogens is 1150 g/mol. The smallest absolute Gasteiger partial charge is 0.326 e. The van der Waals surface area contributed by atoms with Gasteiger partial charge in [0.1, 0.15) is 60.1 Å². The van der Waals surface area contributed by atoms with Gasteiger partial charge in [0.2, 0.25) is 53.2 Å². The number of nitrogens with one attached hydrogen (secondary N) is 8. The highest BCUT2D eigenvalue weighted by atomic mass is 16.4. The molecule has 10 atom stereocenters. The Kier molecular flexibility index (Phi) is 34.1. The maximum atomic E-state index is 14.7. The molecule has 0 saturated carbocycles. The summed E-state index contributed by atoms with van der Waals surface area (Å²) in [4.78, 5) is 149. The van der Waals surface area contributed by atoms with Gasteiger partial charge in [-0.15, -0.1) is 0 Å². The summed E-state index contributed by atoms with van der Waals surface area (Å²) in [6, 6.07) is -6.23. The molecule has 1 aromatic rings. The van der Waals surface area contributed by atoms with Crippen molar-refractivity contribution in [2.24, 2.45) is 74.0 Å². The monoisotopic (exact) mass is 1260 g/mol. The van der Waals surface area contributed by atoms with Crippen LogP contribution in [0.15, 0.2) is 34.3 Å². The average molecular weight is 1260 g/mol. The summed E-state index contributed by atoms with van der Waals surface area (Å²) >= 11 is 0. The molecule has 0 aliphatic carbocycles. The summed E-state index contributed by atoms with van der Waals surface area (Å²) in [5, 5.41) is 41.7. The molecule has 1 aliphatic heterocycles. The minimum Gasteiger partial charge on any atom is -0.508 e. The molecule has 22 N–H and O–H groups in total. The highest BCUT2D eigenvalue weighted by Gasteiger charge is 2.41. The number of rotatable bonds is 40. The third-order valence-electron chi connectivity index (χ3n) is 14.8. The second-order valence-corrected chi connectivity index (χ2v) is 24.9. The number of aliphatic carboxylic acids is 1. The van der Waals surface area contributed by atoms with E-state index in [1.807, 2.05) is 27.7 Å². The van der Waals surface area contributed by atoms with Crippen molar-refractivity contribution in [2.45, 2.75) is 213 Å². The van der Waals surface area contributed by atoms with E-state index in [1.165, 1.54) is 17.0 Å². The number of hydrogen-bond acceptors (Lipinski definition) is 15. The number of nitrogens with zero attached hydrogens (tertiary/aromatic N) is 3. The average Bonchev–Trinajstić information content (AvgIpc) is 2.23. The summed E-state index contributed by atoms with van der Waals surface area (Å²) in [7, 11) is 0. The van der Waals surface area contributed by atoms with E-state index >= 15 is 0 Å². The van der Waals surface area contributed by atoms with Gasteiger partial charge in [-0.2, -0.15) is 0 Å². The molecule has 29 heteroatoms. The lowest BCUT2D eigenvalue weighted by atomic mass is 9.98. The zero-order chi connectivity index (χ0) is 67.2. The van der Waals surface area contributed by atoms with E-state index in [9.17, 15) is 58.2 Å². The van der Waals surface area contributed by atoms with Crippen molar-refractivity contribution < 1.29 is 58.2 Å². The van der Waals surface area contributed by atoms with Gasteiger partial charge in [0, 0.05) is 26.1 Å². The maximum Gasteiger partial charge on any atom is 0.326 e. The number of amides is 9. The number of phenolic OH excluding ortho intramolecular Hbond substituents is 1.